The second-order valence-electron chi connectivity index (χ2n) is 6.24. The van der Waals surface area contributed by atoms with Crippen molar-refractivity contribution in [2.24, 2.45) is 5.73 Å². The molecule has 1 heterocycles. The molecule has 0 fully saturated rings. The van der Waals surface area contributed by atoms with Crippen LogP contribution in [-0.4, -0.2) is 70.7 Å². The molecule has 11 nitrogen and oxygen atoms in total. The highest BCUT2D eigenvalue weighted by molar-refractivity contribution is 5.94. The molecule has 0 saturated carbocycles. The average Bonchev–Trinajstić information content (AvgIpc) is 3.12. The minimum atomic E-state index is -1.37. The molecule has 0 bridgehead atoms. The Bertz CT molecular complexity index is 896. The lowest BCUT2D eigenvalue weighted by Gasteiger charge is -2.21. The van der Waals surface area contributed by atoms with Gasteiger partial charge in [0.1, 0.15) is 18.6 Å². The molecule has 3 amide bonds. The summed E-state index contributed by atoms with van der Waals surface area (Å²) in [5, 5.41) is 25.8. The van der Waals surface area contributed by atoms with Gasteiger partial charge in [0, 0.05) is 23.5 Å². The average molecular weight is 405 g/mol. The molecular formula is C18H23N5O6. The van der Waals surface area contributed by atoms with Crippen molar-refractivity contribution in [2.75, 3.05) is 19.7 Å². The van der Waals surface area contributed by atoms with Crippen molar-refractivity contribution in [3.05, 3.63) is 36.0 Å². The maximum atomic E-state index is 12.7. The third-order valence-corrected chi connectivity index (χ3v) is 4.17. The second kappa shape index (κ2) is 10.2. The number of carbonyl (C=O) groups excluding carboxylic acids is 3. The Morgan fingerprint density at radius 1 is 1.07 bits per heavy atom. The molecular weight excluding hydrogens is 382 g/mol. The number of fused-ring (bicyclic) bond motifs is 1. The molecule has 0 radical (unpaired) electrons. The molecule has 2 unspecified atom stereocenters. The first kappa shape index (κ1) is 21.9. The number of aromatic nitrogens is 1. The van der Waals surface area contributed by atoms with Gasteiger partial charge in [-0.2, -0.15) is 0 Å². The zero-order valence-corrected chi connectivity index (χ0v) is 15.5. The van der Waals surface area contributed by atoms with Crippen LogP contribution in [0.1, 0.15) is 5.56 Å². The Kier molecular flexibility index (Phi) is 7.69. The van der Waals surface area contributed by atoms with E-state index in [0.29, 0.717) is 0 Å². The molecule has 0 saturated heterocycles. The molecule has 0 spiro atoms. The maximum absolute atomic E-state index is 12.7. The highest BCUT2D eigenvalue weighted by Crippen LogP contribution is 2.19. The molecule has 2 rings (SSSR count). The van der Waals surface area contributed by atoms with E-state index in [2.05, 4.69) is 20.9 Å². The number of aliphatic hydroxyl groups is 1. The summed E-state index contributed by atoms with van der Waals surface area (Å²) in [5.74, 6) is -3.42. The first-order chi connectivity index (χ1) is 13.8. The van der Waals surface area contributed by atoms with Crippen molar-refractivity contribution in [2.45, 2.75) is 18.5 Å². The fraction of sp³-hybridized carbons (Fsp3) is 0.333. The van der Waals surface area contributed by atoms with Gasteiger partial charge in [-0.05, 0) is 11.6 Å². The summed E-state index contributed by atoms with van der Waals surface area (Å²) in [5.41, 5.74) is 6.93. The highest BCUT2D eigenvalue weighted by atomic mass is 16.4. The van der Waals surface area contributed by atoms with Crippen LogP contribution in [0.5, 0.6) is 0 Å². The standard InChI is InChI=1S/C18H23N5O6/c19-6-15(25)22-13(5-10-7-20-12-4-2-1-3-11(10)12)18(29)23-14(9-24)17(28)21-8-16(26)27/h1-4,7,13-14,20,24H,5-6,8-9,19H2,(H,21,28)(H,22,25)(H,23,29)(H,26,27). The normalized spacial score (nSPS) is 12.8. The Labute approximate surface area is 165 Å². The first-order valence-electron chi connectivity index (χ1n) is 8.80. The Morgan fingerprint density at radius 3 is 2.45 bits per heavy atom. The van der Waals surface area contributed by atoms with Gasteiger partial charge in [0.25, 0.3) is 0 Å². The number of aliphatic hydroxyl groups excluding tert-OH is 1. The van der Waals surface area contributed by atoms with Crippen molar-refractivity contribution < 1.29 is 29.4 Å². The fourth-order valence-electron chi connectivity index (χ4n) is 2.74. The van der Waals surface area contributed by atoms with E-state index in [4.69, 9.17) is 10.8 Å². The fourth-order valence-corrected chi connectivity index (χ4v) is 2.74. The molecule has 0 aliphatic heterocycles. The first-order valence-corrected chi connectivity index (χ1v) is 8.80. The Morgan fingerprint density at radius 2 is 1.79 bits per heavy atom. The smallest absolute Gasteiger partial charge is 0.322 e. The highest BCUT2D eigenvalue weighted by Gasteiger charge is 2.27. The van der Waals surface area contributed by atoms with Crippen LogP contribution in [0.2, 0.25) is 0 Å². The van der Waals surface area contributed by atoms with E-state index >= 15 is 0 Å². The minimum absolute atomic E-state index is 0.108. The quantitative estimate of drug-likeness (QED) is 0.234. The van der Waals surface area contributed by atoms with E-state index in [0.717, 1.165) is 16.5 Å². The van der Waals surface area contributed by atoms with Crippen molar-refractivity contribution in [3.63, 3.8) is 0 Å². The number of nitrogens with one attached hydrogen (secondary N) is 4. The monoisotopic (exact) mass is 405 g/mol. The number of amides is 3. The largest absolute Gasteiger partial charge is 0.480 e. The number of hydrogen-bond donors (Lipinski definition) is 7. The van der Waals surface area contributed by atoms with Crippen LogP contribution >= 0.6 is 0 Å². The SMILES string of the molecule is NCC(=O)NC(Cc1c[nH]c2ccccc12)C(=O)NC(CO)C(=O)NCC(=O)O. The van der Waals surface area contributed by atoms with Gasteiger partial charge < -0.3 is 36.9 Å². The molecule has 2 atom stereocenters. The van der Waals surface area contributed by atoms with E-state index in [1.54, 1.807) is 6.20 Å². The lowest BCUT2D eigenvalue weighted by Crippen LogP contribution is -2.56. The molecule has 156 valence electrons. The van der Waals surface area contributed by atoms with Crippen LogP contribution in [0.25, 0.3) is 10.9 Å². The zero-order valence-electron chi connectivity index (χ0n) is 15.5. The summed E-state index contributed by atoms with van der Waals surface area (Å²) in [4.78, 5) is 50.0. The number of aliphatic carboxylic acids is 1. The van der Waals surface area contributed by atoms with Crippen LogP contribution < -0.4 is 21.7 Å². The number of nitrogens with two attached hydrogens (primary N) is 1. The molecule has 8 N–H and O–H groups in total. The van der Waals surface area contributed by atoms with Crippen LogP contribution in [0, 0.1) is 0 Å². The summed E-state index contributed by atoms with van der Waals surface area (Å²) in [6, 6.07) is 4.97. The van der Waals surface area contributed by atoms with Gasteiger partial charge in [-0.1, -0.05) is 18.2 Å². The van der Waals surface area contributed by atoms with E-state index in [1.165, 1.54) is 0 Å². The third kappa shape index (κ3) is 6.02. The van der Waals surface area contributed by atoms with Crippen molar-refractivity contribution in [1.29, 1.82) is 0 Å². The summed E-state index contributed by atoms with van der Waals surface area (Å²) in [7, 11) is 0. The Balaban J connectivity index is 2.15. The summed E-state index contributed by atoms with van der Waals surface area (Å²) in [6.45, 7) is -1.74. The molecule has 0 aliphatic carbocycles. The maximum Gasteiger partial charge on any atom is 0.322 e. The molecule has 2 aromatic rings. The summed E-state index contributed by atoms with van der Waals surface area (Å²) < 4.78 is 0. The number of hydrogen-bond acceptors (Lipinski definition) is 6. The van der Waals surface area contributed by atoms with Crippen molar-refractivity contribution in [3.8, 4) is 0 Å². The van der Waals surface area contributed by atoms with Gasteiger partial charge in [0.2, 0.25) is 17.7 Å². The summed E-state index contributed by atoms with van der Waals surface area (Å²) >= 11 is 0. The molecule has 1 aromatic heterocycles. The van der Waals surface area contributed by atoms with E-state index < -0.39 is 48.9 Å². The Hall–Kier alpha value is -3.44. The topological polar surface area (TPSA) is 187 Å². The minimum Gasteiger partial charge on any atom is -0.480 e. The number of H-pyrrole nitrogens is 1. The second-order valence-corrected chi connectivity index (χ2v) is 6.24. The lowest BCUT2D eigenvalue weighted by atomic mass is 10.0. The third-order valence-electron chi connectivity index (χ3n) is 4.17. The van der Waals surface area contributed by atoms with E-state index in [9.17, 15) is 24.3 Å². The number of carbonyl (C=O) groups is 4. The summed E-state index contributed by atoms with van der Waals surface area (Å²) in [6.07, 6.45) is 1.82. The van der Waals surface area contributed by atoms with Crippen LogP contribution in [-0.2, 0) is 25.6 Å². The number of benzene rings is 1. The predicted molar refractivity (Wildman–Crippen MR) is 103 cm³/mol. The van der Waals surface area contributed by atoms with Crippen LogP contribution in [0.15, 0.2) is 30.5 Å². The van der Waals surface area contributed by atoms with Gasteiger partial charge in [-0.25, -0.2) is 0 Å². The number of rotatable bonds is 10. The molecule has 11 heteroatoms. The number of carboxylic acids is 1. The van der Waals surface area contributed by atoms with Gasteiger partial charge in [-0.3, -0.25) is 19.2 Å². The van der Waals surface area contributed by atoms with Gasteiger partial charge >= 0.3 is 5.97 Å². The van der Waals surface area contributed by atoms with Crippen molar-refractivity contribution >= 4 is 34.6 Å². The number of aromatic amines is 1. The number of para-hydroxylation sites is 1. The molecule has 1 aromatic carbocycles. The predicted octanol–water partition coefficient (Wildman–Crippen LogP) is -2.17. The molecule has 0 aliphatic rings. The number of carboxylic acid groups (broad SMARTS) is 1. The zero-order chi connectivity index (χ0) is 21.4. The van der Waals surface area contributed by atoms with Crippen LogP contribution in [0.4, 0.5) is 0 Å². The van der Waals surface area contributed by atoms with Gasteiger partial charge in [-0.15, -0.1) is 0 Å². The molecule has 29 heavy (non-hydrogen) atoms. The van der Waals surface area contributed by atoms with Gasteiger partial charge in [0.15, 0.2) is 0 Å². The van der Waals surface area contributed by atoms with E-state index in [1.807, 2.05) is 24.3 Å². The van der Waals surface area contributed by atoms with Crippen molar-refractivity contribution in [1.82, 2.24) is 20.9 Å². The lowest BCUT2D eigenvalue weighted by molar-refractivity contribution is -0.138. The van der Waals surface area contributed by atoms with Gasteiger partial charge in [0.05, 0.1) is 13.2 Å². The van der Waals surface area contributed by atoms with Crippen LogP contribution in [0.3, 0.4) is 0 Å². The van der Waals surface area contributed by atoms with E-state index in [-0.39, 0.29) is 13.0 Å².